The summed E-state index contributed by atoms with van der Waals surface area (Å²) in [6.07, 6.45) is 0.660. The molecule has 0 spiro atoms. The molecule has 0 aliphatic carbocycles. The summed E-state index contributed by atoms with van der Waals surface area (Å²) >= 11 is 0. The Morgan fingerprint density at radius 1 is 1.20 bits per heavy atom. The number of nitro benzene ring substituents is 1. The molecule has 1 aliphatic rings. The van der Waals surface area contributed by atoms with Gasteiger partial charge in [-0.05, 0) is 36.1 Å². The number of benzene rings is 2. The van der Waals surface area contributed by atoms with Gasteiger partial charge in [0, 0.05) is 24.4 Å². The molecule has 0 radical (unpaired) electrons. The van der Waals surface area contributed by atoms with E-state index in [9.17, 15) is 14.9 Å². The molecule has 130 valence electrons. The average Bonchev–Trinajstić information content (AvgIpc) is 2.96. The normalized spacial score (nSPS) is 17.2. The van der Waals surface area contributed by atoms with Crippen LogP contribution >= 0.6 is 0 Å². The Balaban J connectivity index is 1.71. The molecule has 1 aliphatic heterocycles. The molecule has 1 heterocycles. The van der Waals surface area contributed by atoms with Gasteiger partial charge in [0.05, 0.1) is 10.6 Å². The number of anilines is 2. The molecule has 25 heavy (non-hydrogen) atoms. The molecule has 0 bridgehead atoms. The first-order valence-corrected chi connectivity index (χ1v) is 8.38. The highest BCUT2D eigenvalue weighted by molar-refractivity contribution is 6.01. The van der Waals surface area contributed by atoms with Crippen LogP contribution in [0.4, 0.5) is 17.1 Å². The standard InChI is InChI=1S/C19H21N3O3/c1-13(2)14-6-8-15(9-7-14)20-18-10-11-21(19(18)23)16-4-3-5-17(12-16)22(24)25/h3-9,12-13,18,20H,10-11H2,1-2H3. The number of nitro groups is 1. The SMILES string of the molecule is CC(C)c1ccc(NC2CCN(c3cccc([N+](=O)[O-])c3)C2=O)cc1. The highest BCUT2D eigenvalue weighted by atomic mass is 16.6. The molecule has 0 saturated carbocycles. The van der Waals surface area contributed by atoms with Gasteiger partial charge in [0.2, 0.25) is 5.91 Å². The van der Waals surface area contributed by atoms with E-state index in [4.69, 9.17) is 0 Å². The van der Waals surface area contributed by atoms with Crippen molar-refractivity contribution in [1.29, 1.82) is 0 Å². The molecule has 2 aromatic rings. The van der Waals surface area contributed by atoms with Crippen LogP contribution in [-0.4, -0.2) is 23.4 Å². The van der Waals surface area contributed by atoms with Crippen LogP contribution in [0.1, 0.15) is 31.7 Å². The van der Waals surface area contributed by atoms with Crippen LogP contribution in [-0.2, 0) is 4.79 Å². The molecular weight excluding hydrogens is 318 g/mol. The fraction of sp³-hybridized carbons (Fsp3) is 0.316. The summed E-state index contributed by atoms with van der Waals surface area (Å²) < 4.78 is 0. The van der Waals surface area contributed by atoms with Crippen molar-refractivity contribution < 1.29 is 9.72 Å². The second-order valence-corrected chi connectivity index (χ2v) is 6.53. The molecule has 0 aromatic heterocycles. The summed E-state index contributed by atoms with van der Waals surface area (Å²) in [6.45, 7) is 4.82. The third-order valence-corrected chi connectivity index (χ3v) is 4.48. The van der Waals surface area contributed by atoms with Crippen LogP contribution in [0.3, 0.4) is 0 Å². The van der Waals surface area contributed by atoms with E-state index in [-0.39, 0.29) is 17.6 Å². The largest absolute Gasteiger partial charge is 0.374 e. The number of amides is 1. The van der Waals surface area contributed by atoms with Gasteiger partial charge in [-0.3, -0.25) is 14.9 Å². The predicted molar refractivity (Wildman–Crippen MR) is 98.0 cm³/mol. The Bertz CT molecular complexity index is 787. The summed E-state index contributed by atoms with van der Waals surface area (Å²) in [7, 11) is 0. The van der Waals surface area contributed by atoms with Crippen molar-refractivity contribution in [2.75, 3.05) is 16.8 Å². The van der Waals surface area contributed by atoms with E-state index >= 15 is 0 Å². The number of hydrogen-bond donors (Lipinski definition) is 1. The first-order valence-electron chi connectivity index (χ1n) is 8.38. The maximum Gasteiger partial charge on any atom is 0.271 e. The van der Waals surface area contributed by atoms with Crippen molar-refractivity contribution in [3.63, 3.8) is 0 Å². The third kappa shape index (κ3) is 3.63. The highest BCUT2D eigenvalue weighted by Crippen LogP contribution is 2.27. The van der Waals surface area contributed by atoms with Crippen molar-refractivity contribution >= 4 is 23.0 Å². The van der Waals surface area contributed by atoms with Gasteiger partial charge in [0.15, 0.2) is 0 Å². The van der Waals surface area contributed by atoms with Gasteiger partial charge in [0.25, 0.3) is 5.69 Å². The predicted octanol–water partition coefficient (Wildman–Crippen LogP) is 3.94. The summed E-state index contributed by atoms with van der Waals surface area (Å²) in [5.74, 6) is 0.403. The zero-order valence-electron chi connectivity index (χ0n) is 14.3. The number of nitrogens with zero attached hydrogens (tertiary/aromatic N) is 2. The number of carbonyl (C=O) groups excluding carboxylic acids is 1. The fourth-order valence-corrected chi connectivity index (χ4v) is 3.01. The van der Waals surface area contributed by atoms with Gasteiger partial charge >= 0.3 is 0 Å². The lowest BCUT2D eigenvalue weighted by Gasteiger charge is -2.18. The van der Waals surface area contributed by atoms with Crippen LogP contribution in [0.25, 0.3) is 0 Å². The van der Waals surface area contributed by atoms with E-state index in [1.807, 2.05) is 12.1 Å². The Kier molecular flexibility index (Phi) is 4.70. The minimum atomic E-state index is -0.448. The van der Waals surface area contributed by atoms with Gasteiger partial charge in [0.1, 0.15) is 6.04 Å². The summed E-state index contributed by atoms with van der Waals surface area (Å²) in [6, 6.07) is 14.0. The van der Waals surface area contributed by atoms with E-state index in [0.29, 0.717) is 24.6 Å². The average molecular weight is 339 g/mol. The van der Waals surface area contributed by atoms with Crippen LogP contribution < -0.4 is 10.2 Å². The number of nitrogens with one attached hydrogen (secondary N) is 1. The highest BCUT2D eigenvalue weighted by Gasteiger charge is 2.33. The number of carbonyl (C=O) groups is 1. The van der Waals surface area contributed by atoms with Crippen molar-refractivity contribution in [1.82, 2.24) is 0 Å². The lowest BCUT2D eigenvalue weighted by Crippen LogP contribution is -2.33. The molecule has 1 fully saturated rings. The Morgan fingerprint density at radius 2 is 1.92 bits per heavy atom. The van der Waals surface area contributed by atoms with Crippen molar-refractivity contribution in [2.45, 2.75) is 32.2 Å². The van der Waals surface area contributed by atoms with E-state index in [1.54, 1.807) is 17.0 Å². The van der Waals surface area contributed by atoms with Crippen LogP contribution in [0.15, 0.2) is 48.5 Å². The third-order valence-electron chi connectivity index (χ3n) is 4.48. The zero-order valence-corrected chi connectivity index (χ0v) is 14.3. The van der Waals surface area contributed by atoms with Crippen molar-refractivity contribution in [3.8, 4) is 0 Å². The molecule has 1 saturated heterocycles. The van der Waals surface area contributed by atoms with Crippen molar-refractivity contribution in [2.24, 2.45) is 0 Å². The van der Waals surface area contributed by atoms with Gasteiger partial charge in [-0.2, -0.15) is 0 Å². The second-order valence-electron chi connectivity index (χ2n) is 6.53. The molecule has 2 aromatic carbocycles. The van der Waals surface area contributed by atoms with E-state index < -0.39 is 4.92 Å². The number of rotatable bonds is 5. The quantitative estimate of drug-likeness (QED) is 0.661. The van der Waals surface area contributed by atoms with E-state index in [0.717, 1.165) is 5.69 Å². The Morgan fingerprint density at radius 3 is 2.56 bits per heavy atom. The molecule has 1 atom stereocenters. The van der Waals surface area contributed by atoms with Crippen LogP contribution in [0, 0.1) is 10.1 Å². The van der Waals surface area contributed by atoms with Gasteiger partial charge in [-0.15, -0.1) is 0 Å². The van der Waals surface area contributed by atoms with Crippen LogP contribution in [0.5, 0.6) is 0 Å². The molecule has 6 heteroatoms. The first-order chi connectivity index (χ1) is 12.0. The molecule has 3 rings (SSSR count). The maximum absolute atomic E-state index is 12.7. The van der Waals surface area contributed by atoms with Crippen molar-refractivity contribution in [3.05, 3.63) is 64.2 Å². The van der Waals surface area contributed by atoms with Gasteiger partial charge in [-0.1, -0.05) is 32.0 Å². The minimum Gasteiger partial charge on any atom is -0.374 e. The minimum absolute atomic E-state index is 0.00835. The van der Waals surface area contributed by atoms with Gasteiger partial charge in [-0.25, -0.2) is 0 Å². The molecular formula is C19H21N3O3. The molecule has 1 amide bonds. The first kappa shape index (κ1) is 17.0. The van der Waals surface area contributed by atoms with E-state index in [1.165, 1.54) is 17.7 Å². The summed E-state index contributed by atoms with van der Waals surface area (Å²) in [4.78, 5) is 24.7. The fourth-order valence-electron chi connectivity index (χ4n) is 3.01. The van der Waals surface area contributed by atoms with E-state index in [2.05, 4.69) is 31.3 Å². The molecule has 1 N–H and O–H groups in total. The Hall–Kier alpha value is -2.89. The zero-order chi connectivity index (χ0) is 18.0. The second kappa shape index (κ2) is 6.93. The molecule has 1 unspecified atom stereocenters. The number of hydrogen-bond acceptors (Lipinski definition) is 4. The smallest absolute Gasteiger partial charge is 0.271 e. The number of non-ortho nitro benzene ring substituents is 1. The Labute approximate surface area is 146 Å². The van der Waals surface area contributed by atoms with Gasteiger partial charge < -0.3 is 10.2 Å². The summed E-state index contributed by atoms with van der Waals surface area (Å²) in [5.41, 5.74) is 2.72. The molecule has 6 nitrogen and oxygen atoms in total. The van der Waals surface area contributed by atoms with Crippen LogP contribution in [0.2, 0.25) is 0 Å². The monoisotopic (exact) mass is 339 g/mol. The lowest BCUT2D eigenvalue weighted by atomic mass is 10.0. The lowest BCUT2D eigenvalue weighted by molar-refractivity contribution is -0.384. The topological polar surface area (TPSA) is 75.5 Å². The maximum atomic E-state index is 12.7. The summed E-state index contributed by atoms with van der Waals surface area (Å²) in [5, 5.41) is 14.2.